The maximum Gasteiger partial charge on any atom is 0.256 e. The van der Waals surface area contributed by atoms with Crippen molar-refractivity contribution in [3.8, 4) is 0 Å². The second kappa shape index (κ2) is 6.72. The van der Waals surface area contributed by atoms with E-state index in [4.69, 9.17) is 9.47 Å². The smallest absolute Gasteiger partial charge is 0.256 e. The van der Waals surface area contributed by atoms with E-state index in [9.17, 15) is 14.0 Å². The first-order valence-electron chi connectivity index (χ1n) is 8.69. The Morgan fingerprint density at radius 3 is 2.68 bits per heavy atom. The van der Waals surface area contributed by atoms with Crippen LogP contribution >= 0.6 is 0 Å². The predicted octanol–water partition coefficient (Wildman–Crippen LogP) is 1.06. The van der Waals surface area contributed by atoms with Crippen molar-refractivity contribution in [3.05, 3.63) is 35.6 Å². The quantitative estimate of drug-likeness (QED) is 0.802. The molecule has 2 atom stereocenters. The number of rotatable bonds is 2. The summed E-state index contributed by atoms with van der Waals surface area (Å²) in [6.45, 7) is 2.08. The zero-order chi connectivity index (χ0) is 17.4. The van der Waals surface area contributed by atoms with E-state index in [-0.39, 0.29) is 42.2 Å². The first-order chi connectivity index (χ1) is 12.1. The number of benzene rings is 1. The molecule has 3 aliphatic heterocycles. The van der Waals surface area contributed by atoms with Gasteiger partial charge in [-0.05, 0) is 25.0 Å². The number of likely N-dealkylation sites (tertiary alicyclic amines) is 1. The third-order valence-electron chi connectivity index (χ3n) is 5.28. The van der Waals surface area contributed by atoms with Gasteiger partial charge in [-0.15, -0.1) is 0 Å². The number of nitrogens with zero attached hydrogens (tertiary/aromatic N) is 2. The topological polar surface area (TPSA) is 59.1 Å². The van der Waals surface area contributed by atoms with Gasteiger partial charge in [0.05, 0.1) is 17.7 Å². The highest BCUT2D eigenvalue weighted by Gasteiger charge is 2.47. The fraction of sp³-hybridized carbons (Fsp3) is 0.556. The minimum absolute atomic E-state index is 0.0339. The molecule has 3 heterocycles. The zero-order valence-corrected chi connectivity index (χ0v) is 13.9. The summed E-state index contributed by atoms with van der Waals surface area (Å²) in [5, 5.41) is 0. The van der Waals surface area contributed by atoms with Gasteiger partial charge in [-0.2, -0.15) is 0 Å². The van der Waals surface area contributed by atoms with Crippen molar-refractivity contribution in [3.63, 3.8) is 0 Å². The van der Waals surface area contributed by atoms with E-state index in [0.29, 0.717) is 26.3 Å². The highest BCUT2D eigenvalue weighted by molar-refractivity contribution is 5.95. The number of hydrogen-bond donors (Lipinski definition) is 0. The molecule has 0 bridgehead atoms. The molecule has 4 rings (SSSR count). The normalized spacial score (nSPS) is 27.5. The number of hydrogen-bond acceptors (Lipinski definition) is 4. The Hall–Kier alpha value is -1.99. The first-order valence-corrected chi connectivity index (χ1v) is 8.69. The van der Waals surface area contributed by atoms with E-state index in [2.05, 4.69) is 0 Å². The molecule has 0 unspecified atom stereocenters. The molecule has 6 nitrogen and oxygen atoms in total. The van der Waals surface area contributed by atoms with Crippen LogP contribution in [0.4, 0.5) is 4.39 Å². The molecule has 0 spiro atoms. The van der Waals surface area contributed by atoms with Gasteiger partial charge < -0.3 is 19.3 Å². The molecule has 0 N–H and O–H groups in total. The summed E-state index contributed by atoms with van der Waals surface area (Å²) in [6, 6.07) is 5.94. The van der Waals surface area contributed by atoms with Gasteiger partial charge in [0.15, 0.2) is 0 Å². The molecule has 0 saturated carbocycles. The lowest BCUT2D eigenvalue weighted by atomic mass is 10.0. The van der Waals surface area contributed by atoms with Crippen molar-refractivity contribution >= 4 is 11.8 Å². The highest BCUT2D eigenvalue weighted by Crippen LogP contribution is 2.29. The SMILES string of the molecule is O=C(c1ccccc1F)N1C[C@@H]2OCC(=O)N(C3CCOCC3)[C@H]2C1. The minimum Gasteiger partial charge on any atom is -0.381 e. The van der Waals surface area contributed by atoms with Crippen molar-refractivity contribution < 1.29 is 23.5 Å². The van der Waals surface area contributed by atoms with Crippen LogP contribution in [-0.2, 0) is 14.3 Å². The molecule has 3 saturated heterocycles. The number of halogens is 1. The summed E-state index contributed by atoms with van der Waals surface area (Å²) in [7, 11) is 0. The van der Waals surface area contributed by atoms with Crippen LogP contribution in [0.3, 0.4) is 0 Å². The van der Waals surface area contributed by atoms with Crippen molar-refractivity contribution in [1.29, 1.82) is 0 Å². The van der Waals surface area contributed by atoms with Crippen LogP contribution in [0.2, 0.25) is 0 Å². The number of carbonyl (C=O) groups is 2. The van der Waals surface area contributed by atoms with Gasteiger partial charge in [-0.3, -0.25) is 9.59 Å². The van der Waals surface area contributed by atoms with Crippen molar-refractivity contribution in [2.24, 2.45) is 0 Å². The second-order valence-electron chi connectivity index (χ2n) is 6.75. The number of morpholine rings is 1. The van der Waals surface area contributed by atoms with E-state index in [0.717, 1.165) is 12.8 Å². The molecule has 0 aromatic heterocycles. The number of amides is 2. The Balaban J connectivity index is 1.53. The zero-order valence-electron chi connectivity index (χ0n) is 13.9. The third-order valence-corrected chi connectivity index (χ3v) is 5.28. The molecule has 134 valence electrons. The summed E-state index contributed by atoms with van der Waals surface area (Å²) in [5.74, 6) is -0.913. The van der Waals surface area contributed by atoms with Crippen LogP contribution in [0.25, 0.3) is 0 Å². The highest BCUT2D eigenvalue weighted by atomic mass is 19.1. The summed E-state index contributed by atoms with van der Waals surface area (Å²) in [6.07, 6.45) is 1.39. The molecule has 25 heavy (non-hydrogen) atoms. The maximum atomic E-state index is 13.9. The first kappa shape index (κ1) is 16.5. The Labute approximate surface area is 145 Å². The number of fused-ring (bicyclic) bond motifs is 1. The standard InChI is InChI=1S/C18H21FN2O4/c19-14-4-2-1-3-13(14)18(23)20-9-15-16(10-20)25-11-17(22)21(15)12-5-7-24-8-6-12/h1-4,12,15-16H,5-11H2/t15-,16-/m0/s1. The van der Waals surface area contributed by atoms with E-state index in [1.54, 1.807) is 17.0 Å². The molecule has 0 radical (unpaired) electrons. The predicted molar refractivity (Wildman–Crippen MR) is 86.5 cm³/mol. The summed E-state index contributed by atoms with van der Waals surface area (Å²) in [5.41, 5.74) is 0.0603. The lowest BCUT2D eigenvalue weighted by Gasteiger charge is -2.43. The van der Waals surface area contributed by atoms with Gasteiger partial charge >= 0.3 is 0 Å². The largest absolute Gasteiger partial charge is 0.381 e. The molecule has 7 heteroatoms. The van der Waals surface area contributed by atoms with Crippen LogP contribution in [-0.4, -0.2) is 72.7 Å². The number of carbonyl (C=O) groups excluding carboxylic acids is 2. The van der Waals surface area contributed by atoms with E-state index in [1.807, 2.05) is 4.90 Å². The average Bonchev–Trinajstić information content (AvgIpc) is 3.06. The molecular formula is C18H21FN2O4. The molecule has 1 aromatic rings. The lowest BCUT2D eigenvalue weighted by Crippen LogP contribution is -2.58. The van der Waals surface area contributed by atoms with Gasteiger partial charge in [0.1, 0.15) is 12.4 Å². The van der Waals surface area contributed by atoms with Crippen LogP contribution in [0, 0.1) is 5.82 Å². The Morgan fingerprint density at radius 1 is 1.16 bits per heavy atom. The van der Waals surface area contributed by atoms with Crippen molar-refractivity contribution in [2.45, 2.75) is 31.0 Å². The fourth-order valence-corrected chi connectivity index (χ4v) is 4.03. The fourth-order valence-electron chi connectivity index (χ4n) is 4.03. The summed E-state index contributed by atoms with van der Waals surface area (Å²) >= 11 is 0. The summed E-state index contributed by atoms with van der Waals surface area (Å²) < 4.78 is 25.0. The monoisotopic (exact) mass is 348 g/mol. The minimum atomic E-state index is -0.527. The van der Waals surface area contributed by atoms with Gasteiger partial charge in [0.2, 0.25) is 5.91 Å². The van der Waals surface area contributed by atoms with Crippen molar-refractivity contribution in [2.75, 3.05) is 32.9 Å². The summed E-state index contributed by atoms with van der Waals surface area (Å²) in [4.78, 5) is 28.6. The third kappa shape index (κ3) is 3.02. The Kier molecular flexibility index (Phi) is 4.43. The van der Waals surface area contributed by atoms with Gasteiger partial charge in [-0.25, -0.2) is 4.39 Å². The Bertz CT molecular complexity index is 677. The van der Waals surface area contributed by atoms with Gasteiger partial charge in [-0.1, -0.05) is 12.1 Å². The number of ether oxygens (including phenoxy) is 2. The van der Waals surface area contributed by atoms with E-state index < -0.39 is 5.82 Å². The molecule has 3 fully saturated rings. The van der Waals surface area contributed by atoms with Gasteiger partial charge in [0.25, 0.3) is 5.91 Å². The molecule has 2 amide bonds. The van der Waals surface area contributed by atoms with Crippen LogP contribution in [0.5, 0.6) is 0 Å². The van der Waals surface area contributed by atoms with Crippen LogP contribution < -0.4 is 0 Å². The lowest BCUT2D eigenvalue weighted by molar-refractivity contribution is -0.159. The average molecular weight is 348 g/mol. The van der Waals surface area contributed by atoms with Crippen molar-refractivity contribution in [1.82, 2.24) is 9.80 Å². The van der Waals surface area contributed by atoms with Crippen LogP contribution in [0.1, 0.15) is 23.2 Å². The molecule has 3 aliphatic rings. The van der Waals surface area contributed by atoms with E-state index in [1.165, 1.54) is 12.1 Å². The molecular weight excluding hydrogens is 327 g/mol. The van der Waals surface area contributed by atoms with E-state index >= 15 is 0 Å². The molecule has 0 aliphatic carbocycles. The second-order valence-corrected chi connectivity index (χ2v) is 6.75. The molecule has 1 aromatic carbocycles. The maximum absolute atomic E-state index is 13.9. The van der Waals surface area contributed by atoms with Crippen LogP contribution in [0.15, 0.2) is 24.3 Å². The Morgan fingerprint density at radius 2 is 1.92 bits per heavy atom. The van der Waals surface area contributed by atoms with Gasteiger partial charge in [0, 0.05) is 32.3 Å².